The number of halogens is 1. The average molecular weight is 282 g/mol. The van der Waals surface area contributed by atoms with Crippen molar-refractivity contribution >= 4 is 11.0 Å². The first-order chi connectivity index (χ1) is 10.1. The molecule has 2 aromatic carbocycles. The minimum atomic E-state index is -0.366. The van der Waals surface area contributed by atoms with Crippen molar-refractivity contribution in [2.24, 2.45) is 0 Å². The van der Waals surface area contributed by atoms with Gasteiger partial charge in [-0.25, -0.2) is 4.39 Å². The summed E-state index contributed by atoms with van der Waals surface area (Å²) in [6, 6.07) is 13.2. The van der Waals surface area contributed by atoms with E-state index in [0.717, 1.165) is 0 Å². The molecule has 0 bridgehead atoms. The molecule has 0 unspecified atom stereocenters. The van der Waals surface area contributed by atoms with Crippen LogP contribution in [-0.2, 0) is 0 Å². The normalized spacial score (nSPS) is 11.2. The van der Waals surface area contributed by atoms with E-state index in [1.54, 1.807) is 30.3 Å². The lowest BCUT2D eigenvalue weighted by molar-refractivity contribution is 0.512. The van der Waals surface area contributed by atoms with Crippen molar-refractivity contribution in [1.82, 2.24) is 0 Å². The van der Waals surface area contributed by atoms with E-state index in [0.29, 0.717) is 27.9 Å². The maximum atomic E-state index is 13.5. The molecule has 106 valence electrons. The van der Waals surface area contributed by atoms with Crippen LogP contribution in [0.4, 0.5) is 4.39 Å². The van der Waals surface area contributed by atoms with E-state index in [9.17, 15) is 9.18 Å². The lowest BCUT2D eigenvalue weighted by Crippen LogP contribution is -2.10. The Hall–Kier alpha value is -2.42. The van der Waals surface area contributed by atoms with Gasteiger partial charge in [-0.2, -0.15) is 0 Å². The molecule has 3 aromatic rings. The number of para-hydroxylation sites is 1. The summed E-state index contributed by atoms with van der Waals surface area (Å²) in [6.07, 6.45) is 0. The Bertz CT molecular complexity index is 862. The van der Waals surface area contributed by atoms with Crippen molar-refractivity contribution in [3.05, 3.63) is 70.3 Å². The van der Waals surface area contributed by atoms with Gasteiger partial charge in [-0.05, 0) is 29.8 Å². The zero-order valence-corrected chi connectivity index (χ0v) is 11.9. The van der Waals surface area contributed by atoms with Crippen LogP contribution in [0.25, 0.3) is 22.1 Å². The molecule has 0 atom stereocenters. The SMILES string of the molecule is CC(C)c1oc2ccccc2c(=O)c1-c1cccc(F)c1. The Labute approximate surface area is 121 Å². The molecule has 0 aliphatic heterocycles. The van der Waals surface area contributed by atoms with Crippen molar-refractivity contribution in [1.29, 1.82) is 0 Å². The van der Waals surface area contributed by atoms with Crippen LogP contribution in [0.2, 0.25) is 0 Å². The van der Waals surface area contributed by atoms with E-state index in [1.165, 1.54) is 12.1 Å². The Kier molecular flexibility index (Phi) is 3.34. The summed E-state index contributed by atoms with van der Waals surface area (Å²) < 4.78 is 19.4. The van der Waals surface area contributed by atoms with Crippen molar-refractivity contribution in [3.8, 4) is 11.1 Å². The minimum absolute atomic E-state index is 0.0283. The highest BCUT2D eigenvalue weighted by Gasteiger charge is 2.18. The Balaban J connectivity index is 2.42. The van der Waals surface area contributed by atoms with Crippen molar-refractivity contribution in [2.75, 3.05) is 0 Å². The number of rotatable bonds is 2. The third kappa shape index (κ3) is 2.35. The van der Waals surface area contributed by atoms with E-state index in [2.05, 4.69) is 0 Å². The number of fused-ring (bicyclic) bond motifs is 1. The molecule has 2 nitrogen and oxygen atoms in total. The third-order valence-corrected chi connectivity index (χ3v) is 3.46. The van der Waals surface area contributed by atoms with Gasteiger partial charge in [0, 0.05) is 5.92 Å². The zero-order valence-electron chi connectivity index (χ0n) is 11.9. The number of benzene rings is 2. The largest absolute Gasteiger partial charge is 0.460 e. The fourth-order valence-electron chi connectivity index (χ4n) is 2.48. The summed E-state index contributed by atoms with van der Waals surface area (Å²) in [5.41, 5.74) is 1.44. The molecule has 0 radical (unpaired) electrons. The first-order valence-electron chi connectivity index (χ1n) is 6.89. The van der Waals surface area contributed by atoms with Crippen LogP contribution in [0.5, 0.6) is 0 Å². The van der Waals surface area contributed by atoms with Crippen LogP contribution in [-0.4, -0.2) is 0 Å². The maximum Gasteiger partial charge on any atom is 0.200 e. The monoisotopic (exact) mass is 282 g/mol. The Morgan fingerprint density at radius 1 is 1.05 bits per heavy atom. The predicted molar refractivity (Wildman–Crippen MR) is 82.0 cm³/mol. The molecule has 1 aromatic heterocycles. The van der Waals surface area contributed by atoms with Gasteiger partial charge in [0.05, 0.1) is 10.9 Å². The standard InChI is InChI=1S/C18H15FO2/c1-11(2)18-16(12-6-5-7-13(19)10-12)17(20)14-8-3-4-9-15(14)21-18/h3-11H,1-2H3. The smallest absolute Gasteiger partial charge is 0.200 e. The summed E-state index contributed by atoms with van der Waals surface area (Å²) in [5, 5.41) is 0.515. The van der Waals surface area contributed by atoms with Crippen molar-refractivity contribution < 1.29 is 8.81 Å². The number of hydrogen-bond donors (Lipinski definition) is 0. The molecule has 0 aliphatic rings. The summed E-state index contributed by atoms with van der Waals surface area (Å²) in [5.74, 6) is 0.250. The van der Waals surface area contributed by atoms with Gasteiger partial charge in [0.1, 0.15) is 17.2 Å². The molecule has 0 N–H and O–H groups in total. The van der Waals surface area contributed by atoms with Crippen LogP contribution >= 0.6 is 0 Å². The second kappa shape index (κ2) is 5.17. The van der Waals surface area contributed by atoms with Crippen molar-refractivity contribution in [3.63, 3.8) is 0 Å². The van der Waals surface area contributed by atoms with Crippen LogP contribution in [0.15, 0.2) is 57.7 Å². The lowest BCUT2D eigenvalue weighted by atomic mass is 9.97. The molecule has 1 heterocycles. The highest BCUT2D eigenvalue weighted by Crippen LogP contribution is 2.29. The van der Waals surface area contributed by atoms with E-state index in [-0.39, 0.29) is 17.2 Å². The van der Waals surface area contributed by atoms with Gasteiger partial charge >= 0.3 is 0 Å². The van der Waals surface area contributed by atoms with Crippen molar-refractivity contribution in [2.45, 2.75) is 19.8 Å². The van der Waals surface area contributed by atoms with Crippen LogP contribution in [0.1, 0.15) is 25.5 Å². The molecule has 21 heavy (non-hydrogen) atoms. The topological polar surface area (TPSA) is 30.2 Å². The van der Waals surface area contributed by atoms with Gasteiger partial charge in [0.25, 0.3) is 0 Å². The molecule has 0 fully saturated rings. The zero-order chi connectivity index (χ0) is 15.0. The highest BCUT2D eigenvalue weighted by molar-refractivity contribution is 5.82. The summed E-state index contributed by atoms with van der Waals surface area (Å²) in [6.45, 7) is 3.91. The Morgan fingerprint density at radius 3 is 2.52 bits per heavy atom. The Morgan fingerprint density at radius 2 is 1.81 bits per heavy atom. The molecule has 0 amide bonds. The number of hydrogen-bond acceptors (Lipinski definition) is 2. The average Bonchev–Trinajstić information content (AvgIpc) is 2.47. The van der Waals surface area contributed by atoms with Crippen LogP contribution in [0.3, 0.4) is 0 Å². The first-order valence-corrected chi connectivity index (χ1v) is 6.89. The molecular weight excluding hydrogens is 267 g/mol. The van der Waals surface area contributed by atoms with E-state index in [4.69, 9.17) is 4.42 Å². The van der Waals surface area contributed by atoms with Gasteiger partial charge in [-0.3, -0.25) is 4.79 Å². The van der Waals surface area contributed by atoms with Gasteiger partial charge in [0.15, 0.2) is 0 Å². The van der Waals surface area contributed by atoms with Crippen LogP contribution < -0.4 is 5.43 Å². The molecule has 0 saturated heterocycles. The molecule has 0 aliphatic carbocycles. The molecule has 3 rings (SSSR count). The summed E-state index contributed by atoms with van der Waals surface area (Å²) in [7, 11) is 0. The quantitative estimate of drug-likeness (QED) is 0.680. The van der Waals surface area contributed by atoms with Gasteiger partial charge < -0.3 is 4.42 Å². The van der Waals surface area contributed by atoms with Crippen LogP contribution in [0, 0.1) is 5.82 Å². The van der Waals surface area contributed by atoms with Gasteiger partial charge in [-0.15, -0.1) is 0 Å². The fourth-order valence-corrected chi connectivity index (χ4v) is 2.48. The fraction of sp³-hybridized carbons (Fsp3) is 0.167. The molecule has 0 spiro atoms. The van der Waals surface area contributed by atoms with Gasteiger partial charge in [0.2, 0.25) is 5.43 Å². The highest BCUT2D eigenvalue weighted by atomic mass is 19.1. The summed E-state index contributed by atoms with van der Waals surface area (Å²) in [4.78, 5) is 12.8. The molecular formula is C18H15FO2. The second-order valence-corrected chi connectivity index (χ2v) is 5.33. The van der Waals surface area contributed by atoms with E-state index in [1.807, 2.05) is 19.9 Å². The lowest BCUT2D eigenvalue weighted by Gasteiger charge is -2.12. The molecule has 0 saturated carbocycles. The van der Waals surface area contributed by atoms with Gasteiger partial charge in [-0.1, -0.05) is 38.1 Å². The minimum Gasteiger partial charge on any atom is -0.460 e. The molecule has 3 heteroatoms. The second-order valence-electron chi connectivity index (χ2n) is 5.33. The predicted octanol–water partition coefficient (Wildman–Crippen LogP) is 4.72. The maximum absolute atomic E-state index is 13.5. The van der Waals surface area contributed by atoms with E-state index < -0.39 is 0 Å². The first kappa shape index (κ1) is 13.6. The third-order valence-electron chi connectivity index (χ3n) is 3.46. The van der Waals surface area contributed by atoms with E-state index >= 15 is 0 Å². The summed E-state index contributed by atoms with van der Waals surface area (Å²) >= 11 is 0.